The number of fused-ring (bicyclic) bond motifs is 2. The van der Waals surface area contributed by atoms with Gasteiger partial charge in [-0.25, -0.2) is 14.3 Å². The van der Waals surface area contributed by atoms with Crippen LogP contribution in [0.1, 0.15) is 13.3 Å². The quantitative estimate of drug-likeness (QED) is 0.542. The molecule has 158 valence electrons. The van der Waals surface area contributed by atoms with Crippen LogP contribution in [-0.2, 0) is 4.79 Å². The maximum atomic E-state index is 13.2. The molecular weight excluding hydrogens is 386 g/mol. The van der Waals surface area contributed by atoms with Crippen molar-refractivity contribution >= 4 is 29.4 Å². The van der Waals surface area contributed by atoms with Crippen molar-refractivity contribution in [3.05, 3.63) is 30.4 Å². The van der Waals surface area contributed by atoms with Gasteiger partial charge < -0.3 is 9.47 Å². The molecule has 0 spiro atoms. The average Bonchev–Trinajstić information content (AvgIpc) is 3.14. The Labute approximate surface area is 175 Å². The highest BCUT2D eigenvalue weighted by Gasteiger charge is 2.54. The minimum absolute atomic E-state index is 0.199. The van der Waals surface area contributed by atoms with Crippen molar-refractivity contribution < 1.29 is 23.6 Å². The Morgan fingerprint density at radius 3 is 2.73 bits per heavy atom. The molecule has 3 amide bonds. The van der Waals surface area contributed by atoms with Gasteiger partial charge in [0.25, 0.3) is 5.91 Å². The number of imide groups is 1. The van der Waals surface area contributed by atoms with Gasteiger partial charge in [-0.2, -0.15) is 0 Å². The highest BCUT2D eigenvalue weighted by Crippen LogP contribution is 2.35. The summed E-state index contributed by atoms with van der Waals surface area (Å²) in [4.78, 5) is 35.5. The third-order valence-electron chi connectivity index (χ3n) is 5.52. The van der Waals surface area contributed by atoms with Crippen LogP contribution in [0.3, 0.4) is 0 Å². The predicted octanol–water partition coefficient (Wildman–Crippen LogP) is 1.53. The topological polar surface area (TPSA) is 77.7 Å². The number of rotatable bonds is 5. The van der Waals surface area contributed by atoms with E-state index in [4.69, 9.17) is 14.5 Å². The van der Waals surface area contributed by atoms with Crippen LogP contribution < -0.4 is 14.4 Å². The molecule has 1 unspecified atom stereocenters. The Balaban J connectivity index is 1.77. The van der Waals surface area contributed by atoms with Crippen LogP contribution in [0.5, 0.6) is 11.5 Å². The normalized spacial score (nSPS) is 20.9. The van der Waals surface area contributed by atoms with E-state index >= 15 is 0 Å². The highest BCUT2D eigenvalue weighted by atomic mass is 16.5. The summed E-state index contributed by atoms with van der Waals surface area (Å²) in [5.74, 6) is 2.18. The summed E-state index contributed by atoms with van der Waals surface area (Å²) in [6.45, 7) is 7.25. The standard InChI is InChI=1S/C21H26N5O4/c1-13(2)12-26-19(27)17-18(23(3)21(26)28)22-20-24(9-6-10-25(17)20)15-8-7-14(29-4)11-16(15)30-5/h7-8,11,17H,1,6,9-10,12H2,2-5H3/q+1. The molecule has 9 nitrogen and oxygen atoms in total. The largest absolute Gasteiger partial charge is 0.497 e. The molecule has 9 heteroatoms. The molecule has 1 atom stereocenters. The number of nitrogens with zero attached hydrogens (tertiary/aromatic N) is 5. The molecule has 0 aliphatic carbocycles. The monoisotopic (exact) mass is 412 g/mol. The molecule has 0 bridgehead atoms. The van der Waals surface area contributed by atoms with Crippen molar-refractivity contribution in [3.63, 3.8) is 0 Å². The number of aliphatic imine (C=N–C) groups is 1. The van der Waals surface area contributed by atoms with E-state index in [0.29, 0.717) is 29.8 Å². The van der Waals surface area contributed by atoms with Gasteiger partial charge in [0.2, 0.25) is 11.9 Å². The van der Waals surface area contributed by atoms with Crippen molar-refractivity contribution in [2.24, 2.45) is 4.99 Å². The van der Waals surface area contributed by atoms with E-state index in [1.807, 2.05) is 27.7 Å². The second-order valence-corrected chi connectivity index (χ2v) is 7.63. The third kappa shape index (κ3) is 3.01. The summed E-state index contributed by atoms with van der Waals surface area (Å²) < 4.78 is 12.8. The summed E-state index contributed by atoms with van der Waals surface area (Å²) in [6, 6.07) is 4.60. The number of hydrogen-bond acceptors (Lipinski definition) is 6. The van der Waals surface area contributed by atoms with Gasteiger partial charge in [-0.15, -0.1) is 0 Å². The Hall–Kier alpha value is -3.36. The van der Waals surface area contributed by atoms with Gasteiger partial charge >= 0.3 is 12.0 Å². The fraction of sp³-hybridized carbons (Fsp3) is 0.429. The van der Waals surface area contributed by atoms with Crippen LogP contribution in [0.2, 0.25) is 0 Å². The molecule has 3 aliphatic rings. The Morgan fingerprint density at radius 1 is 1.30 bits per heavy atom. The number of guanidine groups is 1. The highest BCUT2D eigenvalue weighted by molar-refractivity contribution is 6.24. The number of likely N-dealkylation sites (N-methyl/N-ethyl adjacent to an activating group) is 1. The van der Waals surface area contributed by atoms with Gasteiger partial charge in [0.15, 0.2) is 5.75 Å². The van der Waals surface area contributed by atoms with Crippen molar-refractivity contribution in [2.45, 2.75) is 19.4 Å². The lowest BCUT2D eigenvalue weighted by atomic mass is 10.1. The third-order valence-corrected chi connectivity index (χ3v) is 5.52. The molecule has 0 aromatic heterocycles. The molecule has 1 fully saturated rings. The van der Waals surface area contributed by atoms with Gasteiger partial charge in [-0.05, 0) is 19.1 Å². The first-order valence-corrected chi connectivity index (χ1v) is 9.82. The molecule has 1 saturated heterocycles. The van der Waals surface area contributed by atoms with Crippen molar-refractivity contribution in [1.29, 1.82) is 0 Å². The van der Waals surface area contributed by atoms with E-state index in [2.05, 4.69) is 6.58 Å². The lowest BCUT2D eigenvalue weighted by molar-refractivity contribution is -0.539. The number of ether oxygens (including phenoxy) is 2. The molecule has 30 heavy (non-hydrogen) atoms. The van der Waals surface area contributed by atoms with E-state index in [1.165, 1.54) is 9.80 Å². The molecule has 0 radical (unpaired) electrons. The zero-order valence-corrected chi connectivity index (χ0v) is 17.7. The minimum Gasteiger partial charge on any atom is -0.497 e. The zero-order chi connectivity index (χ0) is 21.6. The average molecular weight is 412 g/mol. The van der Waals surface area contributed by atoms with Gasteiger partial charge in [-0.3, -0.25) is 14.6 Å². The maximum Gasteiger partial charge on any atom is 0.397 e. The Morgan fingerprint density at radius 2 is 2.07 bits per heavy atom. The number of amides is 3. The first-order chi connectivity index (χ1) is 14.4. The SMILES string of the molecule is C=C(C)CN1C(=O)C2C(=NC3=[N+]2CCCN3c2ccc(OC)cc2OC)N(C)C1=O. The first kappa shape index (κ1) is 19.9. The number of benzene rings is 1. The Kier molecular flexibility index (Phi) is 4.97. The van der Waals surface area contributed by atoms with Crippen molar-refractivity contribution in [2.75, 3.05) is 45.8 Å². The molecule has 1 aromatic carbocycles. The number of hydrogen-bond donors (Lipinski definition) is 0. The number of methoxy groups -OCH3 is 2. The molecule has 3 aliphatic heterocycles. The summed E-state index contributed by atoms with van der Waals surface area (Å²) >= 11 is 0. The van der Waals surface area contributed by atoms with E-state index in [0.717, 1.165) is 24.2 Å². The fourth-order valence-corrected chi connectivity index (χ4v) is 4.10. The molecule has 3 heterocycles. The number of carbonyl (C=O) groups excluding carboxylic acids is 2. The number of urea groups is 1. The second-order valence-electron chi connectivity index (χ2n) is 7.63. The molecule has 1 aromatic rings. The predicted molar refractivity (Wildman–Crippen MR) is 113 cm³/mol. The van der Waals surface area contributed by atoms with E-state index in [9.17, 15) is 9.59 Å². The summed E-state index contributed by atoms with van der Waals surface area (Å²) in [6.07, 6.45) is 0.837. The van der Waals surface area contributed by atoms with Gasteiger partial charge in [-0.1, -0.05) is 17.1 Å². The minimum atomic E-state index is -0.617. The van der Waals surface area contributed by atoms with Gasteiger partial charge in [0.1, 0.15) is 11.4 Å². The summed E-state index contributed by atoms with van der Waals surface area (Å²) in [5.41, 5.74) is 1.58. The maximum absolute atomic E-state index is 13.2. The van der Waals surface area contributed by atoms with Crippen molar-refractivity contribution in [1.82, 2.24) is 9.80 Å². The van der Waals surface area contributed by atoms with E-state index in [1.54, 1.807) is 28.2 Å². The molecule has 4 rings (SSSR count). The van der Waals surface area contributed by atoms with Crippen LogP contribution in [0, 0.1) is 0 Å². The van der Waals surface area contributed by atoms with Crippen LogP contribution in [0.25, 0.3) is 0 Å². The van der Waals surface area contributed by atoms with E-state index in [-0.39, 0.29) is 18.5 Å². The number of anilines is 1. The number of carbonyl (C=O) groups is 2. The summed E-state index contributed by atoms with van der Waals surface area (Å²) in [7, 11) is 4.87. The number of amidine groups is 1. The van der Waals surface area contributed by atoms with Crippen LogP contribution in [-0.4, -0.2) is 85.1 Å². The summed E-state index contributed by atoms with van der Waals surface area (Å²) in [5, 5.41) is 0. The first-order valence-electron chi connectivity index (χ1n) is 9.82. The lowest BCUT2D eigenvalue weighted by Crippen LogP contribution is -2.63. The zero-order valence-electron chi connectivity index (χ0n) is 17.7. The molecule has 0 saturated carbocycles. The second kappa shape index (κ2) is 7.47. The lowest BCUT2D eigenvalue weighted by Gasteiger charge is -2.34. The smallest absolute Gasteiger partial charge is 0.397 e. The Bertz CT molecular complexity index is 999. The van der Waals surface area contributed by atoms with Crippen LogP contribution in [0.15, 0.2) is 35.3 Å². The van der Waals surface area contributed by atoms with Crippen molar-refractivity contribution in [3.8, 4) is 11.5 Å². The molecule has 0 N–H and O–H groups in total. The fourth-order valence-electron chi connectivity index (χ4n) is 4.10. The van der Waals surface area contributed by atoms with Crippen LogP contribution in [0.4, 0.5) is 10.5 Å². The van der Waals surface area contributed by atoms with Crippen LogP contribution >= 0.6 is 0 Å². The van der Waals surface area contributed by atoms with Gasteiger partial charge in [0, 0.05) is 19.5 Å². The van der Waals surface area contributed by atoms with E-state index < -0.39 is 6.04 Å². The van der Waals surface area contributed by atoms with Gasteiger partial charge in [0.05, 0.1) is 33.9 Å². The molecular formula is C21H26N5O4+.